The lowest BCUT2D eigenvalue weighted by Gasteiger charge is -2.06. The highest BCUT2D eigenvalue weighted by molar-refractivity contribution is 5.98. The number of aryl methyl sites for hydroxylation is 1. The molecule has 92 valence electrons. The molecule has 0 aliphatic rings. The molecule has 0 amide bonds. The zero-order valence-corrected chi connectivity index (χ0v) is 9.91. The maximum Gasteiger partial charge on any atom is 0.173 e. The molecule has 0 radical (unpaired) electrons. The smallest absolute Gasteiger partial charge is 0.173 e. The van der Waals surface area contributed by atoms with Gasteiger partial charge in [-0.1, -0.05) is 30.3 Å². The average Bonchev–Trinajstić information content (AvgIpc) is 2.32. The molecular formula is C15H12F2O. The minimum Gasteiger partial charge on any atom is -0.294 e. The van der Waals surface area contributed by atoms with E-state index in [1.807, 2.05) is 19.1 Å². The Kier molecular flexibility index (Phi) is 3.51. The van der Waals surface area contributed by atoms with E-state index in [0.29, 0.717) is 0 Å². The lowest BCUT2D eigenvalue weighted by molar-refractivity contribution is 0.0984. The molecule has 18 heavy (non-hydrogen) atoms. The Bertz CT molecular complexity index is 571. The first kappa shape index (κ1) is 12.4. The van der Waals surface area contributed by atoms with E-state index in [1.54, 1.807) is 12.1 Å². The second-order valence-electron chi connectivity index (χ2n) is 4.12. The summed E-state index contributed by atoms with van der Waals surface area (Å²) in [5, 5.41) is 0. The molecule has 2 aromatic carbocycles. The van der Waals surface area contributed by atoms with E-state index in [4.69, 9.17) is 0 Å². The van der Waals surface area contributed by atoms with Gasteiger partial charge in [-0.15, -0.1) is 0 Å². The largest absolute Gasteiger partial charge is 0.294 e. The van der Waals surface area contributed by atoms with Crippen LogP contribution in [0.5, 0.6) is 0 Å². The van der Waals surface area contributed by atoms with Crippen molar-refractivity contribution in [3.63, 3.8) is 0 Å². The van der Waals surface area contributed by atoms with Gasteiger partial charge in [0.25, 0.3) is 0 Å². The molecule has 0 atom stereocenters. The first-order chi connectivity index (χ1) is 8.59. The highest BCUT2D eigenvalue weighted by atomic mass is 19.1. The van der Waals surface area contributed by atoms with E-state index in [2.05, 4.69) is 0 Å². The number of Topliss-reactive ketones (excluding diaryl/α,β-unsaturated/α-hetero) is 1. The van der Waals surface area contributed by atoms with Gasteiger partial charge in [-0.25, -0.2) is 8.78 Å². The van der Waals surface area contributed by atoms with E-state index in [9.17, 15) is 13.6 Å². The Morgan fingerprint density at radius 2 is 1.61 bits per heavy atom. The normalized spacial score (nSPS) is 10.4. The molecule has 0 bridgehead atoms. The molecule has 0 fully saturated rings. The standard InChI is InChI=1S/C15H12F2O/c1-10-5-2-3-6-11(10)9-14(18)15-12(16)7-4-8-13(15)17/h2-8H,9H2,1H3. The molecule has 0 unspecified atom stereocenters. The summed E-state index contributed by atoms with van der Waals surface area (Å²) in [4.78, 5) is 11.9. The summed E-state index contributed by atoms with van der Waals surface area (Å²) in [5.41, 5.74) is 1.26. The third kappa shape index (κ3) is 2.45. The molecule has 1 nitrogen and oxygen atoms in total. The Hall–Kier alpha value is -2.03. The minimum absolute atomic E-state index is 0.00449. The zero-order chi connectivity index (χ0) is 13.1. The molecule has 0 spiro atoms. The summed E-state index contributed by atoms with van der Waals surface area (Å²) in [5.74, 6) is -2.16. The Labute approximate surface area is 104 Å². The van der Waals surface area contributed by atoms with Gasteiger partial charge in [0.2, 0.25) is 0 Å². The van der Waals surface area contributed by atoms with Crippen molar-refractivity contribution < 1.29 is 13.6 Å². The summed E-state index contributed by atoms with van der Waals surface area (Å²) in [6.45, 7) is 1.86. The molecular weight excluding hydrogens is 234 g/mol. The van der Waals surface area contributed by atoms with Crippen molar-refractivity contribution in [3.05, 3.63) is 70.8 Å². The molecule has 0 aliphatic heterocycles. The van der Waals surface area contributed by atoms with Crippen molar-refractivity contribution in [1.29, 1.82) is 0 Å². The van der Waals surface area contributed by atoms with Crippen LogP contribution in [0.4, 0.5) is 8.78 Å². The number of hydrogen-bond acceptors (Lipinski definition) is 1. The predicted octanol–water partition coefficient (Wildman–Crippen LogP) is 3.70. The minimum atomic E-state index is -0.811. The molecule has 0 aliphatic carbocycles. The van der Waals surface area contributed by atoms with E-state index >= 15 is 0 Å². The van der Waals surface area contributed by atoms with Crippen LogP contribution < -0.4 is 0 Å². The summed E-state index contributed by atoms with van der Waals surface area (Å²) in [6, 6.07) is 10.7. The second-order valence-corrected chi connectivity index (χ2v) is 4.12. The quantitative estimate of drug-likeness (QED) is 0.755. The molecule has 2 aromatic rings. The summed E-state index contributed by atoms with van der Waals surface area (Å²) < 4.78 is 26.9. The van der Waals surface area contributed by atoms with E-state index < -0.39 is 23.0 Å². The van der Waals surface area contributed by atoms with Crippen LogP contribution >= 0.6 is 0 Å². The third-order valence-corrected chi connectivity index (χ3v) is 2.85. The van der Waals surface area contributed by atoms with Crippen molar-refractivity contribution in [1.82, 2.24) is 0 Å². The van der Waals surface area contributed by atoms with Gasteiger partial charge in [-0.2, -0.15) is 0 Å². The van der Waals surface area contributed by atoms with Crippen molar-refractivity contribution in [2.24, 2.45) is 0 Å². The molecule has 0 N–H and O–H groups in total. The summed E-state index contributed by atoms with van der Waals surface area (Å²) in [7, 11) is 0. The number of benzene rings is 2. The van der Waals surface area contributed by atoms with Crippen LogP contribution in [-0.2, 0) is 6.42 Å². The van der Waals surface area contributed by atoms with Gasteiger partial charge in [0, 0.05) is 6.42 Å². The Morgan fingerprint density at radius 3 is 2.22 bits per heavy atom. The van der Waals surface area contributed by atoms with Gasteiger partial charge in [-0.3, -0.25) is 4.79 Å². The van der Waals surface area contributed by atoms with Crippen LogP contribution in [0.3, 0.4) is 0 Å². The lowest BCUT2D eigenvalue weighted by Crippen LogP contribution is -2.09. The number of rotatable bonds is 3. The molecule has 0 aromatic heterocycles. The average molecular weight is 246 g/mol. The Balaban J connectivity index is 2.31. The predicted molar refractivity (Wildman–Crippen MR) is 65.6 cm³/mol. The van der Waals surface area contributed by atoms with Gasteiger partial charge in [0.15, 0.2) is 5.78 Å². The summed E-state index contributed by atoms with van der Waals surface area (Å²) in [6.07, 6.45) is 0.00449. The molecule has 0 saturated heterocycles. The molecule has 3 heteroatoms. The zero-order valence-electron chi connectivity index (χ0n) is 9.91. The maximum atomic E-state index is 13.4. The molecule has 2 rings (SSSR count). The molecule has 0 heterocycles. The third-order valence-electron chi connectivity index (χ3n) is 2.85. The van der Waals surface area contributed by atoms with Crippen LogP contribution in [0.1, 0.15) is 21.5 Å². The highest BCUT2D eigenvalue weighted by Gasteiger charge is 2.17. The van der Waals surface area contributed by atoms with Gasteiger partial charge < -0.3 is 0 Å². The van der Waals surface area contributed by atoms with E-state index in [-0.39, 0.29) is 6.42 Å². The monoisotopic (exact) mass is 246 g/mol. The van der Waals surface area contributed by atoms with E-state index in [0.717, 1.165) is 23.3 Å². The number of carbonyl (C=O) groups excluding carboxylic acids is 1. The van der Waals surface area contributed by atoms with Crippen molar-refractivity contribution >= 4 is 5.78 Å². The first-order valence-electron chi connectivity index (χ1n) is 5.61. The van der Waals surface area contributed by atoms with Gasteiger partial charge >= 0.3 is 0 Å². The second kappa shape index (κ2) is 5.08. The topological polar surface area (TPSA) is 17.1 Å². The van der Waals surface area contributed by atoms with Gasteiger partial charge in [0.05, 0.1) is 5.56 Å². The number of carbonyl (C=O) groups is 1. The van der Waals surface area contributed by atoms with E-state index in [1.165, 1.54) is 6.07 Å². The SMILES string of the molecule is Cc1ccccc1CC(=O)c1c(F)cccc1F. The highest BCUT2D eigenvalue weighted by Crippen LogP contribution is 2.16. The number of ketones is 1. The van der Waals surface area contributed by atoms with Crippen LogP contribution in [0, 0.1) is 18.6 Å². The number of halogens is 2. The van der Waals surface area contributed by atoms with Crippen molar-refractivity contribution in [2.45, 2.75) is 13.3 Å². The number of hydrogen-bond donors (Lipinski definition) is 0. The fraction of sp³-hybridized carbons (Fsp3) is 0.133. The van der Waals surface area contributed by atoms with Gasteiger partial charge in [-0.05, 0) is 30.2 Å². The van der Waals surface area contributed by atoms with Crippen LogP contribution in [0.25, 0.3) is 0 Å². The fourth-order valence-corrected chi connectivity index (χ4v) is 1.83. The molecule has 0 saturated carbocycles. The van der Waals surface area contributed by atoms with Crippen molar-refractivity contribution in [3.8, 4) is 0 Å². The first-order valence-corrected chi connectivity index (χ1v) is 5.61. The lowest BCUT2D eigenvalue weighted by atomic mass is 9.99. The maximum absolute atomic E-state index is 13.4. The Morgan fingerprint density at radius 1 is 1.00 bits per heavy atom. The fourth-order valence-electron chi connectivity index (χ4n) is 1.83. The van der Waals surface area contributed by atoms with Crippen LogP contribution in [0.2, 0.25) is 0 Å². The van der Waals surface area contributed by atoms with Crippen LogP contribution in [0.15, 0.2) is 42.5 Å². The van der Waals surface area contributed by atoms with Gasteiger partial charge in [0.1, 0.15) is 11.6 Å². The van der Waals surface area contributed by atoms with Crippen molar-refractivity contribution in [2.75, 3.05) is 0 Å². The summed E-state index contributed by atoms with van der Waals surface area (Å²) >= 11 is 0. The van der Waals surface area contributed by atoms with Crippen LogP contribution in [-0.4, -0.2) is 5.78 Å².